The minimum absolute atomic E-state index is 0.0603. The molecular weight excluding hydrogens is 310 g/mol. The number of benzene rings is 3. The molecule has 0 aliphatic heterocycles. The first-order valence-corrected chi connectivity index (χ1v) is 7.53. The Balaban J connectivity index is 1.89. The van der Waals surface area contributed by atoms with Crippen molar-refractivity contribution < 1.29 is 18.6 Å². The van der Waals surface area contributed by atoms with Crippen LogP contribution in [0, 0.1) is 11.6 Å². The molecule has 0 bridgehead atoms. The van der Waals surface area contributed by atoms with Gasteiger partial charge in [0.15, 0.2) is 11.6 Å². The summed E-state index contributed by atoms with van der Waals surface area (Å²) in [5, 5.41) is 9.20. The molecule has 0 heterocycles. The first-order chi connectivity index (χ1) is 11.7. The fourth-order valence-corrected chi connectivity index (χ4v) is 2.41. The summed E-state index contributed by atoms with van der Waals surface area (Å²) in [6.45, 7) is 0.0339. The molecule has 0 unspecified atom stereocenters. The van der Waals surface area contributed by atoms with E-state index in [9.17, 15) is 13.9 Å². The molecule has 0 spiro atoms. The van der Waals surface area contributed by atoms with Gasteiger partial charge in [0.25, 0.3) is 0 Å². The molecule has 3 aromatic rings. The molecule has 0 fully saturated rings. The summed E-state index contributed by atoms with van der Waals surface area (Å²) < 4.78 is 33.6. The van der Waals surface area contributed by atoms with E-state index in [-0.39, 0.29) is 19.0 Å². The summed E-state index contributed by atoms with van der Waals surface area (Å²) in [6, 6.07) is 18.0. The lowest BCUT2D eigenvalue weighted by atomic mass is 10.0. The van der Waals surface area contributed by atoms with E-state index in [1.807, 2.05) is 30.3 Å². The predicted octanol–water partition coefficient (Wildman–Crippen LogP) is 4.70. The van der Waals surface area contributed by atoms with Crippen LogP contribution in [0.15, 0.2) is 66.7 Å². The van der Waals surface area contributed by atoms with Crippen molar-refractivity contribution in [1.29, 1.82) is 0 Å². The molecule has 4 heteroatoms. The number of rotatable bonds is 5. The van der Waals surface area contributed by atoms with Crippen molar-refractivity contribution in [3.8, 4) is 16.9 Å². The molecule has 0 amide bonds. The third kappa shape index (κ3) is 3.60. The van der Waals surface area contributed by atoms with Crippen LogP contribution in [0.3, 0.4) is 0 Å². The molecule has 0 aliphatic carbocycles. The van der Waals surface area contributed by atoms with Crippen LogP contribution in [0.2, 0.25) is 0 Å². The normalized spacial score (nSPS) is 10.6. The van der Waals surface area contributed by atoms with Gasteiger partial charge in [-0.1, -0.05) is 42.5 Å². The van der Waals surface area contributed by atoms with Crippen LogP contribution in [0.1, 0.15) is 11.1 Å². The number of aliphatic hydroxyl groups is 1. The summed E-state index contributed by atoms with van der Waals surface area (Å²) in [7, 11) is 0. The third-order valence-corrected chi connectivity index (χ3v) is 3.69. The van der Waals surface area contributed by atoms with Gasteiger partial charge in [-0.25, -0.2) is 8.78 Å². The van der Waals surface area contributed by atoms with Gasteiger partial charge >= 0.3 is 0 Å². The highest BCUT2D eigenvalue weighted by Crippen LogP contribution is 2.29. The van der Waals surface area contributed by atoms with Crippen LogP contribution in [0.25, 0.3) is 11.1 Å². The number of hydrogen-bond acceptors (Lipinski definition) is 2. The molecule has 0 saturated heterocycles. The van der Waals surface area contributed by atoms with Crippen molar-refractivity contribution in [3.63, 3.8) is 0 Å². The zero-order chi connectivity index (χ0) is 16.9. The Morgan fingerprint density at radius 3 is 2.29 bits per heavy atom. The molecule has 0 aliphatic rings. The van der Waals surface area contributed by atoms with Gasteiger partial charge in [-0.05, 0) is 41.0 Å². The van der Waals surface area contributed by atoms with E-state index in [1.165, 1.54) is 30.3 Å². The molecule has 3 rings (SSSR count). The fourth-order valence-electron chi connectivity index (χ4n) is 2.41. The molecule has 0 radical (unpaired) electrons. The van der Waals surface area contributed by atoms with Gasteiger partial charge in [0.1, 0.15) is 12.4 Å². The summed E-state index contributed by atoms with van der Waals surface area (Å²) in [5.41, 5.74) is 2.29. The van der Waals surface area contributed by atoms with Crippen LogP contribution >= 0.6 is 0 Å². The number of ether oxygens (including phenoxy) is 1. The zero-order valence-corrected chi connectivity index (χ0v) is 12.9. The van der Waals surface area contributed by atoms with Crippen LogP contribution in [-0.2, 0) is 13.2 Å². The third-order valence-electron chi connectivity index (χ3n) is 3.69. The van der Waals surface area contributed by atoms with Gasteiger partial charge in [-0.3, -0.25) is 0 Å². The Bertz CT molecular complexity index is 832. The van der Waals surface area contributed by atoms with Crippen molar-refractivity contribution in [1.82, 2.24) is 0 Å². The summed E-state index contributed by atoms with van der Waals surface area (Å²) in [4.78, 5) is 0. The second kappa shape index (κ2) is 7.23. The average Bonchev–Trinajstić information content (AvgIpc) is 2.62. The minimum atomic E-state index is -0.506. The second-order valence-corrected chi connectivity index (χ2v) is 5.39. The summed E-state index contributed by atoms with van der Waals surface area (Å²) >= 11 is 0. The highest BCUT2D eigenvalue weighted by Gasteiger charge is 2.11. The molecule has 3 aromatic carbocycles. The maximum atomic E-state index is 14.1. The minimum Gasteiger partial charge on any atom is -0.486 e. The largest absolute Gasteiger partial charge is 0.486 e. The van der Waals surface area contributed by atoms with E-state index >= 15 is 0 Å². The zero-order valence-electron chi connectivity index (χ0n) is 12.9. The van der Waals surface area contributed by atoms with Crippen molar-refractivity contribution in [2.75, 3.05) is 0 Å². The van der Waals surface area contributed by atoms with Gasteiger partial charge in [-0.15, -0.1) is 0 Å². The smallest absolute Gasteiger partial charge is 0.165 e. The monoisotopic (exact) mass is 326 g/mol. The number of aliphatic hydroxyl groups excluding tert-OH is 1. The standard InChI is InChI=1S/C20H16F2O2/c21-18-8-6-15(12-23)10-17(18)16-7-9-19(22)20(11-16)24-13-14-4-2-1-3-5-14/h1-11,23H,12-13H2. The van der Waals surface area contributed by atoms with Crippen molar-refractivity contribution in [3.05, 3.63) is 89.5 Å². The molecular formula is C20H16F2O2. The first-order valence-electron chi connectivity index (χ1n) is 7.53. The van der Waals surface area contributed by atoms with Crippen molar-refractivity contribution >= 4 is 0 Å². The Morgan fingerprint density at radius 1 is 0.792 bits per heavy atom. The molecule has 0 aromatic heterocycles. The van der Waals surface area contributed by atoms with E-state index in [4.69, 9.17) is 4.74 Å². The maximum Gasteiger partial charge on any atom is 0.165 e. The highest BCUT2D eigenvalue weighted by atomic mass is 19.1. The summed E-state index contributed by atoms with van der Waals surface area (Å²) in [5.74, 6) is -0.883. The quantitative estimate of drug-likeness (QED) is 0.736. The Morgan fingerprint density at radius 2 is 1.54 bits per heavy atom. The van der Waals surface area contributed by atoms with E-state index in [2.05, 4.69) is 0 Å². The number of halogens is 2. The molecule has 0 atom stereocenters. The molecule has 0 saturated carbocycles. The number of hydrogen-bond donors (Lipinski definition) is 1. The lowest BCUT2D eigenvalue weighted by Crippen LogP contribution is -1.98. The van der Waals surface area contributed by atoms with Crippen molar-refractivity contribution in [2.45, 2.75) is 13.2 Å². The molecule has 122 valence electrons. The van der Waals surface area contributed by atoms with Gasteiger partial charge in [0, 0.05) is 5.56 Å². The van der Waals surface area contributed by atoms with Crippen LogP contribution in [-0.4, -0.2) is 5.11 Å². The van der Waals surface area contributed by atoms with Crippen LogP contribution in [0.5, 0.6) is 5.75 Å². The maximum absolute atomic E-state index is 14.1. The van der Waals surface area contributed by atoms with E-state index in [1.54, 1.807) is 6.07 Å². The van der Waals surface area contributed by atoms with Crippen molar-refractivity contribution in [2.24, 2.45) is 0 Å². The van der Waals surface area contributed by atoms with E-state index in [0.717, 1.165) is 5.56 Å². The SMILES string of the molecule is OCc1ccc(F)c(-c2ccc(F)c(OCc3ccccc3)c2)c1. The fraction of sp³-hybridized carbons (Fsp3) is 0.100. The predicted molar refractivity (Wildman–Crippen MR) is 88.5 cm³/mol. The van der Waals surface area contributed by atoms with Gasteiger partial charge < -0.3 is 9.84 Å². The molecule has 1 N–H and O–H groups in total. The Hall–Kier alpha value is -2.72. The summed E-state index contributed by atoms with van der Waals surface area (Å²) in [6.07, 6.45) is 0. The van der Waals surface area contributed by atoms with Gasteiger partial charge in [0.05, 0.1) is 6.61 Å². The highest BCUT2D eigenvalue weighted by molar-refractivity contribution is 5.66. The van der Waals surface area contributed by atoms with E-state index in [0.29, 0.717) is 16.7 Å². The lowest BCUT2D eigenvalue weighted by molar-refractivity contribution is 0.282. The van der Waals surface area contributed by atoms with Gasteiger partial charge in [-0.2, -0.15) is 0 Å². The average molecular weight is 326 g/mol. The van der Waals surface area contributed by atoms with Crippen LogP contribution < -0.4 is 4.74 Å². The second-order valence-electron chi connectivity index (χ2n) is 5.39. The van der Waals surface area contributed by atoms with Crippen LogP contribution in [0.4, 0.5) is 8.78 Å². The topological polar surface area (TPSA) is 29.5 Å². The van der Waals surface area contributed by atoms with E-state index < -0.39 is 11.6 Å². The lowest BCUT2D eigenvalue weighted by Gasteiger charge is -2.11. The molecule has 24 heavy (non-hydrogen) atoms. The first kappa shape index (κ1) is 16.1. The Kier molecular flexibility index (Phi) is 4.87. The molecule has 2 nitrogen and oxygen atoms in total. The Labute approximate surface area is 139 Å². The van der Waals surface area contributed by atoms with Gasteiger partial charge in [0.2, 0.25) is 0 Å².